The average Bonchev–Trinajstić information content (AvgIpc) is 2.05. The molecule has 0 aromatic carbocycles. The molecule has 0 rings (SSSR count). The Labute approximate surface area is 76.5 Å². The van der Waals surface area contributed by atoms with Crippen molar-refractivity contribution >= 4 is 0 Å². The second-order valence-corrected chi connectivity index (χ2v) is 3.73. The summed E-state index contributed by atoms with van der Waals surface area (Å²) < 4.78 is 5.44. The number of rotatable bonds is 5. The van der Waals surface area contributed by atoms with Gasteiger partial charge >= 0.3 is 0 Å². The summed E-state index contributed by atoms with van der Waals surface area (Å²) in [5.74, 6) is 3.24. The van der Waals surface area contributed by atoms with E-state index >= 15 is 0 Å². The smallest absolute Gasteiger partial charge is 0.0651 e. The molecule has 0 spiro atoms. The molecule has 1 heteroatoms. The van der Waals surface area contributed by atoms with Crippen molar-refractivity contribution in [2.75, 3.05) is 7.11 Å². The van der Waals surface area contributed by atoms with Gasteiger partial charge in [-0.05, 0) is 25.7 Å². The van der Waals surface area contributed by atoms with Gasteiger partial charge in [-0.1, -0.05) is 13.8 Å². The van der Waals surface area contributed by atoms with Crippen LogP contribution in [0.1, 0.15) is 40.0 Å². The molecule has 2 unspecified atom stereocenters. The molecule has 0 fully saturated rings. The van der Waals surface area contributed by atoms with E-state index in [1.54, 1.807) is 7.11 Å². The zero-order valence-corrected chi connectivity index (χ0v) is 8.68. The first-order valence-electron chi connectivity index (χ1n) is 4.56. The zero-order valence-electron chi connectivity index (χ0n) is 8.68. The van der Waals surface area contributed by atoms with Crippen molar-refractivity contribution in [1.82, 2.24) is 0 Å². The van der Waals surface area contributed by atoms with Crippen LogP contribution in [0, 0.1) is 18.3 Å². The van der Waals surface area contributed by atoms with Crippen LogP contribution in [0.15, 0.2) is 0 Å². The summed E-state index contributed by atoms with van der Waals surface area (Å²) in [5, 5.41) is 0. The van der Waals surface area contributed by atoms with E-state index in [9.17, 15) is 0 Å². The highest BCUT2D eigenvalue weighted by Crippen LogP contribution is 2.24. The quantitative estimate of drug-likeness (QED) is 0.574. The van der Waals surface area contributed by atoms with Crippen LogP contribution < -0.4 is 0 Å². The van der Waals surface area contributed by atoms with Gasteiger partial charge in [-0.2, -0.15) is 0 Å². The van der Waals surface area contributed by atoms with Crippen molar-refractivity contribution in [3.8, 4) is 12.3 Å². The van der Waals surface area contributed by atoms with Crippen molar-refractivity contribution in [1.29, 1.82) is 0 Å². The third kappa shape index (κ3) is 3.78. The topological polar surface area (TPSA) is 9.23 Å². The molecular formula is C11H20O. The molecule has 0 aliphatic carbocycles. The molecule has 0 aromatic rings. The third-order valence-corrected chi connectivity index (χ3v) is 2.49. The molecule has 0 aromatic heterocycles. The minimum Gasteiger partial charge on any atom is -0.379 e. The fraction of sp³-hybridized carbons (Fsp3) is 0.818. The summed E-state index contributed by atoms with van der Waals surface area (Å²) in [5.41, 5.74) is 0.0102. The summed E-state index contributed by atoms with van der Waals surface area (Å²) in [6.07, 6.45) is 8.17. The highest BCUT2D eigenvalue weighted by atomic mass is 16.5. The van der Waals surface area contributed by atoms with Gasteiger partial charge in [0.1, 0.15) is 0 Å². The second kappa shape index (κ2) is 5.22. The lowest BCUT2D eigenvalue weighted by atomic mass is 9.89. The van der Waals surface area contributed by atoms with Gasteiger partial charge in [0, 0.05) is 13.5 Å². The Kier molecular flexibility index (Phi) is 5.01. The molecule has 0 aliphatic heterocycles. The first-order valence-corrected chi connectivity index (χ1v) is 4.56. The standard InChI is InChI=1S/C11H20O/c1-6-8-10(3)9-11(4,7-2)12-5/h1,10H,7-9H2,2-5H3. The van der Waals surface area contributed by atoms with Crippen molar-refractivity contribution in [2.24, 2.45) is 5.92 Å². The minimum atomic E-state index is 0.0102. The van der Waals surface area contributed by atoms with Gasteiger partial charge in [0.25, 0.3) is 0 Å². The molecule has 1 nitrogen and oxygen atoms in total. The third-order valence-electron chi connectivity index (χ3n) is 2.49. The van der Waals surface area contributed by atoms with Gasteiger partial charge in [0.2, 0.25) is 0 Å². The van der Waals surface area contributed by atoms with Crippen molar-refractivity contribution < 1.29 is 4.74 Å². The van der Waals surface area contributed by atoms with Gasteiger partial charge < -0.3 is 4.74 Å². The molecule has 0 saturated heterocycles. The molecule has 0 heterocycles. The van der Waals surface area contributed by atoms with Crippen LogP contribution in [0.4, 0.5) is 0 Å². The molecule has 0 N–H and O–H groups in total. The lowest BCUT2D eigenvalue weighted by molar-refractivity contribution is -0.0148. The predicted molar refractivity (Wildman–Crippen MR) is 52.9 cm³/mol. The van der Waals surface area contributed by atoms with Crippen LogP contribution in [0.3, 0.4) is 0 Å². The summed E-state index contributed by atoms with van der Waals surface area (Å²) >= 11 is 0. The van der Waals surface area contributed by atoms with Crippen LogP contribution in [0.25, 0.3) is 0 Å². The lowest BCUT2D eigenvalue weighted by Crippen LogP contribution is -2.28. The highest BCUT2D eigenvalue weighted by molar-refractivity contribution is 4.88. The van der Waals surface area contributed by atoms with E-state index in [4.69, 9.17) is 11.2 Å². The molecule has 0 saturated carbocycles. The molecule has 0 bridgehead atoms. The van der Waals surface area contributed by atoms with E-state index < -0.39 is 0 Å². The number of terminal acetylenes is 1. The first-order chi connectivity index (χ1) is 5.58. The van der Waals surface area contributed by atoms with Crippen molar-refractivity contribution in [2.45, 2.75) is 45.6 Å². The van der Waals surface area contributed by atoms with E-state index in [-0.39, 0.29) is 5.60 Å². The normalized spacial score (nSPS) is 17.9. The average molecular weight is 168 g/mol. The number of methoxy groups -OCH3 is 1. The van der Waals surface area contributed by atoms with Crippen LogP contribution in [0.5, 0.6) is 0 Å². The molecule has 12 heavy (non-hydrogen) atoms. The van der Waals surface area contributed by atoms with Gasteiger partial charge in [-0.15, -0.1) is 12.3 Å². The Morgan fingerprint density at radius 3 is 2.50 bits per heavy atom. The van der Waals surface area contributed by atoms with E-state index in [0.717, 1.165) is 19.3 Å². The summed E-state index contributed by atoms with van der Waals surface area (Å²) in [4.78, 5) is 0. The number of ether oxygens (including phenoxy) is 1. The summed E-state index contributed by atoms with van der Waals surface area (Å²) in [7, 11) is 1.77. The van der Waals surface area contributed by atoms with Gasteiger partial charge in [-0.3, -0.25) is 0 Å². The van der Waals surface area contributed by atoms with Crippen molar-refractivity contribution in [3.63, 3.8) is 0 Å². The maximum atomic E-state index is 5.44. The van der Waals surface area contributed by atoms with E-state index in [0.29, 0.717) is 5.92 Å². The maximum Gasteiger partial charge on any atom is 0.0651 e. The van der Waals surface area contributed by atoms with Gasteiger partial charge in [0.15, 0.2) is 0 Å². The van der Waals surface area contributed by atoms with Crippen molar-refractivity contribution in [3.05, 3.63) is 0 Å². The Balaban J connectivity index is 3.95. The van der Waals surface area contributed by atoms with Crippen LogP contribution in [0.2, 0.25) is 0 Å². The van der Waals surface area contributed by atoms with Crippen LogP contribution >= 0.6 is 0 Å². The monoisotopic (exact) mass is 168 g/mol. The zero-order chi connectivity index (χ0) is 9.61. The largest absolute Gasteiger partial charge is 0.379 e. The first kappa shape index (κ1) is 11.5. The summed E-state index contributed by atoms with van der Waals surface area (Å²) in [6.45, 7) is 6.46. The van der Waals surface area contributed by atoms with Gasteiger partial charge in [0.05, 0.1) is 5.60 Å². The second-order valence-electron chi connectivity index (χ2n) is 3.73. The minimum absolute atomic E-state index is 0.0102. The number of hydrogen-bond acceptors (Lipinski definition) is 1. The lowest BCUT2D eigenvalue weighted by Gasteiger charge is -2.29. The summed E-state index contributed by atoms with van der Waals surface area (Å²) in [6, 6.07) is 0. The number of hydrogen-bond donors (Lipinski definition) is 0. The van der Waals surface area contributed by atoms with Crippen LogP contribution in [-0.4, -0.2) is 12.7 Å². The van der Waals surface area contributed by atoms with Crippen LogP contribution in [-0.2, 0) is 4.74 Å². The molecule has 70 valence electrons. The molecule has 0 radical (unpaired) electrons. The molecule has 0 amide bonds. The maximum absolute atomic E-state index is 5.44. The van der Waals surface area contributed by atoms with E-state index in [2.05, 4.69) is 26.7 Å². The Morgan fingerprint density at radius 1 is 1.58 bits per heavy atom. The molecule has 2 atom stereocenters. The predicted octanol–water partition coefficient (Wildman–Crippen LogP) is 2.85. The molecule has 0 aliphatic rings. The Hall–Kier alpha value is -0.480. The highest BCUT2D eigenvalue weighted by Gasteiger charge is 2.23. The fourth-order valence-electron chi connectivity index (χ4n) is 1.38. The van der Waals surface area contributed by atoms with E-state index in [1.165, 1.54) is 0 Å². The Morgan fingerprint density at radius 2 is 2.17 bits per heavy atom. The van der Waals surface area contributed by atoms with E-state index in [1.807, 2.05) is 0 Å². The molecular weight excluding hydrogens is 148 g/mol. The Bertz CT molecular complexity index is 151. The fourth-order valence-corrected chi connectivity index (χ4v) is 1.38. The SMILES string of the molecule is C#CCC(C)CC(C)(CC)OC. The van der Waals surface area contributed by atoms with Gasteiger partial charge in [-0.25, -0.2) is 0 Å².